The van der Waals surface area contributed by atoms with Crippen LogP contribution in [0.1, 0.15) is 27.2 Å². The number of terminal acetylenes is 1. The molecule has 0 aromatic rings. The molecular formula is C14H21NO2. The van der Waals surface area contributed by atoms with E-state index < -0.39 is 0 Å². The van der Waals surface area contributed by atoms with Crippen LogP contribution in [0, 0.1) is 30.1 Å². The monoisotopic (exact) mass is 235 g/mol. The maximum Gasteiger partial charge on any atom is 0.323 e. The predicted octanol–water partition coefficient (Wildman–Crippen LogP) is 1.53. The molecule has 1 unspecified atom stereocenters. The lowest BCUT2D eigenvalue weighted by atomic mass is 10.0. The summed E-state index contributed by atoms with van der Waals surface area (Å²) in [6, 6.07) is -0.308. The lowest BCUT2D eigenvalue weighted by Gasteiger charge is -2.27. The molecule has 0 saturated carbocycles. The Labute approximate surface area is 105 Å². The van der Waals surface area contributed by atoms with E-state index in [2.05, 4.69) is 31.6 Å². The fourth-order valence-corrected chi connectivity index (χ4v) is 1.55. The molecule has 0 saturated heterocycles. The molecule has 0 N–H and O–H groups in total. The second-order valence-electron chi connectivity index (χ2n) is 4.20. The van der Waals surface area contributed by atoms with Crippen molar-refractivity contribution in [1.82, 2.24) is 4.90 Å². The molecular weight excluding hydrogens is 214 g/mol. The van der Waals surface area contributed by atoms with Crippen LogP contribution < -0.4 is 0 Å². The number of nitrogens with zero attached hydrogens (tertiary/aromatic N) is 1. The third-order valence-corrected chi connectivity index (χ3v) is 2.36. The first-order chi connectivity index (χ1) is 8.06. The van der Waals surface area contributed by atoms with Crippen LogP contribution in [0.2, 0.25) is 0 Å². The van der Waals surface area contributed by atoms with E-state index >= 15 is 0 Å². The third kappa shape index (κ3) is 6.00. The van der Waals surface area contributed by atoms with E-state index in [4.69, 9.17) is 11.2 Å². The van der Waals surface area contributed by atoms with E-state index in [-0.39, 0.29) is 12.0 Å². The van der Waals surface area contributed by atoms with E-state index in [1.54, 1.807) is 6.92 Å². The molecule has 94 valence electrons. The smallest absolute Gasteiger partial charge is 0.323 e. The van der Waals surface area contributed by atoms with Crippen LogP contribution in [0.5, 0.6) is 0 Å². The first kappa shape index (κ1) is 15.6. The van der Waals surface area contributed by atoms with Gasteiger partial charge in [-0.3, -0.25) is 9.69 Å². The molecule has 3 nitrogen and oxygen atoms in total. The predicted molar refractivity (Wildman–Crippen MR) is 69.1 cm³/mol. The zero-order valence-electron chi connectivity index (χ0n) is 11.1. The van der Waals surface area contributed by atoms with Gasteiger partial charge in [0.2, 0.25) is 0 Å². The zero-order chi connectivity index (χ0) is 13.3. The van der Waals surface area contributed by atoms with Gasteiger partial charge < -0.3 is 4.74 Å². The van der Waals surface area contributed by atoms with Crippen LogP contribution in [-0.4, -0.2) is 37.1 Å². The Morgan fingerprint density at radius 1 is 1.41 bits per heavy atom. The summed E-state index contributed by atoms with van der Waals surface area (Å²) in [5.41, 5.74) is 0. The first-order valence-corrected chi connectivity index (χ1v) is 5.71. The Hall–Kier alpha value is -1.45. The van der Waals surface area contributed by atoms with Crippen molar-refractivity contribution in [3.63, 3.8) is 0 Å². The largest absolute Gasteiger partial charge is 0.468 e. The number of carbonyl (C=O) groups excluding carboxylic acids is 1. The van der Waals surface area contributed by atoms with Crippen LogP contribution in [0.25, 0.3) is 0 Å². The summed E-state index contributed by atoms with van der Waals surface area (Å²) >= 11 is 0. The quantitative estimate of drug-likeness (QED) is 0.516. The van der Waals surface area contributed by atoms with Gasteiger partial charge in [0.05, 0.1) is 20.2 Å². The summed E-state index contributed by atoms with van der Waals surface area (Å²) in [4.78, 5) is 13.6. The van der Waals surface area contributed by atoms with E-state index in [1.165, 1.54) is 7.11 Å². The second-order valence-corrected chi connectivity index (χ2v) is 4.20. The van der Waals surface area contributed by atoms with Gasteiger partial charge >= 0.3 is 5.97 Å². The molecule has 3 heteroatoms. The molecule has 17 heavy (non-hydrogen) atoms. The molecule has 0 aromatic heterocycles. The van der Waals surface area contributed by atoms with Gasteiger partial charge in [-0.15, -0.1) is 12.3 Å². The van der Waals surface area contributed by atoms with Crippen molar-refractivity contribution in [2.45, 2.75) is 33.2 Å². The SMILES string of the molecule is C#CCN(CC#CC)C(CC(C)C)C(=O)OC. The summed E-state index contributed by atoms with van der Waals surface area (Å²) < 4.78 is 4.82. The van der Waals surface area contributed by atoms with Crippen molar-refractivity contribution in [2.75, 3.05) is 20.2 Å². The molecule has 0 fully saturated rings. The Bertz CT molecular complexity index is 330. The van der Waals surface area contributed by atoms with Crippen molar-refractivity contribution in [2.24, 2.45) is 5.92 Å². The third-order valence-electron chi connectivity index (χ3n) is 2.36. The molecule has 0 aliphatic carbocycles. The summed E-state index contributed by atoms with van der Waals surface area (Å²) in [6.07, 6.45) is 6.04. The fraction of sp³-hybridized carbons (Fsp3) is 0.643. The van der Waals surface area contributed by atoms with Gasteiger partial charge in [0.1, 0.15) is 6.04 Å². The Morgan fingerprint density at radius 2 is 2.06 bits per heavy atom. The number of hydrogen-bond donors (Lipinski definition) is 0. The average Bonchev–Trinajstić information content (AvgIpc) is 2.30. The van der Waals surface area contributed by atoms with Crippen LogP contribution in [0.4, 0.5) is 0 Å². The molecule has 0 aromatic carbocycles. The van der Waals surface area contributed by atoms with Crippen LogP contribution >= 0.6 is 0 Å². The summed E-state index contributed by atoms with van der Waals surface area (Å²) in [5, 5.41) is 0. The molecule has 0 radical (unpaired) electrons. The van der Waals surface area contributed by atoms with E-state index in [9.17, 15) is 4.79 Å². The van der Waals surface area contributed by atoms with E-state index in [0.717, 1.165) is 6.42 Å². The summed E-state index contributed by atoms with van der Waals surface area (Å²) in [7, 11) is 1.40. The first-order valence-electron chi connectivity index (χ1n) is 5.71. The van der Waals surface area contributed by atoms with Gasteiger partial charge in [-0.25, -0.2) is 0 Å². The minimum Gasteiger partial charge on any atom is -0.468 e. The molecule has 0 amide bonds. The number of methoxy groups -OCH3 is 1. The minimum atomic E-state index is -0.308. The Kier molecular flexibility index (Phi) is 7.93. The number of hydrogen-bond acceptors (Lipinski definition) is 3. The molecule has 0 aliphatic rings. The topological polar surface area (TPSA) is 29.5 Å². The normalized spacial score (nSPS) is 11.6. The lowest BCUT2D eigenvalue weighted by Crippen LogP contribution is -2.43. The van der Waals surface area contributed by atoms with Gasteiger partial charge in [0.15, 0.2) is 0 Å². The number of esters is 1. The highest BCUT2D eigenvalue weighted by Gasteiger charge is 2.26. The van der Waals surface area contributed by atoms with Crippen LogP contribution in [-0.2, 0) is 9.53 Å². The molecule has 0 rings (SSSR count). The van der Waals surface area contributed by atoms with E-state index in [0.29, 0.717) is 19.0 Å². The fourth-order valence-electron chi connectivity index (χ4n) is 1.55. The van der Waals surface area contributed by atoms with Crippen molar-refractivity contribution >= 4 is 5.97 Å². The van der Waals surface area contributed by atoms with Crippen molar-refractivity contribution in [1.29, 1.82) is 0 Å². The van der Waals surface area contributed by atoms with Crippen molar-refractivity contribution in [3.8, 4) is 24.2 Å². The summed E-state index contributed by atoms with van der Waals surface area (Å²) in [6.45, 7) is 6.79. The van der Waals surface area contributed by atoms with Crippen LogP contribution in [0.3, 0.4) is 0 Å². The maximum atomic E-state index is 11.7. The molecule has 0 heterocycles. The highest BCUT2D eigenvalue weighted by Crippen LogP contribution is 2.12. The van der Waals surface area contributed by atoms with Crippen molar-refractivity contribution in [3.05, 3.63) is 0 Å². The van der Waals surface area contributed by atoms with Gasteiger partial charge in [-0.05, 0) is 19.3 Å². The average molecular weight is 235 g/mol. The molecule has 0 spiro atoms. The minimum absolute atomic E-state index is 0.244. The number of rotatable bonds is 6. The van der Waals surface area contributed by atoms with Crippen molar-refractivity contribution < 1.29 is 9.53 Å². The number of ether oxygens (including phenoxy) is 1. The van der Waals surface area contributed by atoms with E-state index in [1.807, 2.05) is 4.90 Å². The Morgan fingerprint density at radius 3 is 2.47 bits per heavy atom. The highest BCUT2D eigenvalue weighted by atomic mass is 16.5. The zero-order valence-corrected chi connectivity index (χ0v) is 11.1. The molecule has 1 atom stereocenters. The number of carbonyl (C=O) groups is 1. The lowest BCUT2D eigenvalue weighted by molar-refractivity contribution is -0.147. The van der Waals surface area contributed by atoms with Gasteiger partial charge in [-0.2, -0.15) is 0 Å². The molecule has 0 aliphatic heterocycles. The highest BCUT2D eigenvalue weighted by molar-refractivity contribution is 5.75. The van der Waals surface area contributed by atoms with Crippen LogP contribution in [0.15, 0.2) is 0 Å². The van der Waals surface area contributed by atoms with Gasteiger partial charge in [0, 0.05) is 0 Å². The summed E-state index contributed by atoms with van der Waals surface area (Å²) in [5.74, 6) is 8.46. The standard InChI is InChI=1S/C14H21NO2/c1-6-8-10-15(9-7-2)13(11-12(3)4)14(16)17-5/h2,12-13H,9-11H2,1,3-5H3. The van der Waals surface area contributed by atoms with Gasteiger partial charge in [0.25, 0.3) is 0 Å². The maximum absolute atomic E-state index is 11.7. The second kappa shape index (κ2) is 8.67. The Balaban J connectivity index is 4.83. The van der Waals surface area contributed by atoms with Gasteiger partial charge in [-0.1, -0.05) is 25.7 Å². The molecule has 0 bridgehead atoms.